The number of rotatable bonds is 6. The third kappa shape index (κ3) is 4.98. The van der Waals surface area contributed by atoms with E-state index in [0.717, 1.165) is 18.6 Å². The van der Waals surface area contributed by atoms with Crippen LogP contribution in [0.4, 0.5) is 11.8 Å². The molecule has 8 heteroatoms. The Labute approximate surface area is 151 Å². The summed E-state index contributed by atoms with van der Waals surface area (Å²) in [6.07, 6.45) is 1.90. The average Bonchev–Trinajstić information content (AvgIpc) is 2.62. The number of hydrogen-bond donors (Lipinski definition) is 3. The highest BCUT2D eigenvalue weighted by Gasteiger charge is 2.22. The van der Waals surface area contributed by atoms with Crippen LogP contribution in [-0.4, -0.2) is 41.6 Å². The molecule has 1 aromatic heterocycles. The van der Waals surface area contributed by atoms with E-state index in [1.165, 1.54) is 6.07 Å². The molecule has 1 aromatic carbocycles. The normalized spacial score (nSPS) is 14.8. The minimum absolute atomic E-state index is 0.0158. The fourth-order valence-electron chi connectivity index (χ4n) is 2.96. The molecule has 26 heavy (non-hydrogen) atoms. The van der Waals surface area contributed by atoms with Gasteiger partial charge in [0.15, 0.2) is 0 Å². The Morgan fingerprint density at radius 2 is 2.04 bits per heavy atom. The van der Waals surface area contributed by atoms with Crippen LogP contribution in [0.5, 0.6) is 5.75 Å². The number of aromatic amines is 1. The first-order valence-corrected chi connectivity index (χ1v) is 8.69. The maximum Gasteiger partial charge on any atom is 0.254 e. The number of anilines is 2. The molecule has 1 aliphatic heterocycles. The Balaban J connectivity index is 1.40. The predicted molar refractivity (Wildman–Crippen MR) is 99.2 cm³/mol. The van der Waals surface area contributed by atoms with Crippen molar-refractivity contribution in [1.82, 2.24) is 15.3 Å². The van der Waals surface area contributed by atoms with E-state index < -0.39 is 0 Å². The Hall–Kier alpha value is -3.03. The van der Waals surface area contributed by atoms with E-state index in [9.17, 15) is 9.59 Å². The van der Waals surface area contributed by atoms with E-state index in [4.69, 9.17) is 10.5 Å². The summed E-state index contributed by atoms with van der Waals surface area (Å²) in [6.45, 7) is 1.77. The molecule has 8 nitrogen and oxygen atoms in total. The lowest BCUT2D eigenvalue weighted by molar-refractivity contribution is -0.122. The van der Waals surface area contributed by atoms with Gasteiger partial charge in [-0.1, -0.05) is 18.2 Å². The second kappa shape index (κ2) is 8.37. The van der Waals surface area contributed by atoms with Crippen LogP contribution in [0, 0.1) is 0 Å². The van der Waals surface area contributed by atoms with Crippen molar-refractivity contribution in [2.24, 2.45) is 0 Å². The number of para-hydroxylation sites is 1. The van der Waals surface area contributed by atoms with Crippen molar-refractivity contribution in [2.75, 3.05) is 30.3 Å². The number of ether oxygens (including phenoxy) is 1. The molecular weight excluding hydrogens is 334 g/mol. The third-order valence-corrected chi connectivity index (χ3v) is 4.27. The fraction of sp³-hybridized carbons (Fsp3) is 0.389. The number of nitrogen functional groups attached to an aromatic ring is 1. The molecule has 1 amide bonds. The molecule has 0 saturated carbocycles. The van der Waals surface area contributed by atoms with Gasteiger partial charge in [0.2, 0.25) is 11.9 Å². The number of piperidine rings is 1. The summed E-state index contributed by atoms with van der Waals surface area (Å²) < 4.78 is 5.54. The summed E-state index contributed by atoms with van der Waals surface area (Å²) in [5, 5.41) is 3.04. The van der Waals surface area contributed by atoms with E-state index in [-0.39, 0.29) is 23.5 Å². The molecule has 0 atom stereocenters. The molecule has 1 saturated heterocycles. The lowest BCUT2D eigenvalue weighted by Gasteiger charge is -2.33. The summed E-state index contributed by atoms with van der Waals surface area (Å²) >= 11 is 0. The highest BCUT2D eigenvalue weighted by atomic mass is 16.5. The third-order valence-electron chi connectivity index (χ3n) is 4.27. The number of amides is 1. The van der Waals surface area contributed by atoms with Crippen molar-refractivity contribution in [3.05, 3.63) is 46.8 Å². The smallest absolute Gasteiger partial charge is 0.254 e. The van der Waals surface area contributed by atoms with E-state index in [2.05, 4.69) is 15.3 Å². The van der Waals surface area contributed by atoms with Crippen LogP contribution >= 0.6 is 0 Å². The van der Waals surface area contributed by atoms with Crippen LogP contribution in [0.15, 0.2) is 41.2 Å². The van der Waals surface area contributed by atoms with E-state index in [1.807, 2.05) is 35.2 Å². The molecule has 0 unspecified atom stereocenters. The van der Waals surface area contributed by atoms with E-state index >= 15 is 0 Å². The van der Waals surface area contributed by atoms with Gasteiger partial charge in [0.1, 0.15) is 11.6 Å². The van der Waals surface area contributed by atoms with E-state index in [0.29, 0.717) is 31.9 Å². The second-order valence-corrected chi connectivity index (χ2v) is 6.23. The number of H-pyrrole nitrogens is 1. The summed E-state index contributed by atoms with van der Waals surface area (Å²) in [4.78, 5) is 32.2. The van der Waals surface area contributed by atoms with Crippen LogP contribution in [0.25, 0.3) is 0 Å². The summed E-state index contributed by atoms with van der Waals surface area (Å²) in [5.74, 6) is 1.43. The number of carbonyl (C=O) groups is 1. The van der Waals surface area contributed by atoms with Gasteiger partial charge in [0.05, 0.1) is 13.0 Å². The molecular formula is C18H23N5O3. The zero-order valence-corrected chi connectivity index (χ0v) is 14.5. The van der Waals surface area contributed by atoms with Crippen molar-refractivity contribution < 1.29 is 9.53 Å². The monoisotopic (exact) mass is 357 g/mol. The van der Waals surface area contributed by atoms with Gasteiger partial charge >= 0.3 is 0 Å². The molecule has 138 valence electrons. The summed E-state index contributed by atoms with van der Waals surface area (Å²) in [7, 11) is 0. The molecule has 0 spiro atoms. The molecule has 1 fully saturated rings. The number of carbonyl (C=O) groups excluding carboxylic acids is 1. The Morgan fingerprint density at radius 3 is 2.73 bits per heavy atom. The highest BCUT2D eigenvalue weighted by molar-refractivity contribution is 5.76. The zero-order valence-electron chi connectivity index (χ0n) is 14.5. The van der Waals surface area contributed by atoms with Crippen LogP contribution in [0.2, 0.25) is 0 Å². The fourth-order valence-corrected chi connectivity index (χ4v) is 2.96. The average molecular weight is 357 g/mol. The van der Waals surface area contributed by atoms with Gasteiger partial charge in [-0.2, -0.15) is 4.98 Å². The predicted octanol–water partition coefficient (Wildman–Crippen LogP) is 0.906. The number of nitrogens with zero attached hydrogens (tertiary/aromatic N) is 2. The minimum atomic E-state index is -0.263. The molecule has 4 N–H and O–H groups in total. The molecule has 3 rings (SSSR count). The van der Waals surface area contributed by atoms with Gasteiger partial charge in [0.25, 0.3) is 5.56 Å². The number of benzene rings is 1. The van der Waals surface area contributed by atoms with Gasteiger partial charge < -0.3 is 20.7 Å². The quantitative estimate of drug-likeness (QED) is 0.708. The van der Waals surface area contributed by atoms with Crippen LogP contribution < -0.4 is 26.2 Å². The van der Waals surface area contributed by atoms with Gasteiger partial charge in [-0.25, -0.2) is 0 Å². The number of aromatic nitrogens is 2. The lowest BCUT2D eigenvalue weighted by Crippen LogP contribution is -2.45. The maximum absolute atomic E-state index is 12.1. The van der Waals surface area contributed by atoms with Gasteiger partial charge in [-0.05, 0) is 25.0 Å². The molecule has 2 heterocycles. The van der Waals surface area contributed by atoms with Crippen molar-refractivity contribution in [3.63, 3.8) is 0 Å². The van der Waals surface area contributed by atoms with Gasteiger partial charge in [0, 0.05) is 25.2 Å². The van der Waals surface area contributed by atoms with Gasteiger partial charge in [-0.3, -0.25) is 14.6 Å². The van der Waals surface area contributed by atoms with Gasteiger partial charge in [-0.15, -0.1) is 0 Å². The first kappa shape index (κ1) is 17.8. The van der Waals surface area contributed by atoms with Crippen LogP contribution in [0.3, 0.4) is 0 Å². The number of nitrogens with one attached hydrogen (secondary N) is 2. The number of hydrogen-bond acceptors (Lipinski definition) is 6. The van der Waals surface area contributed by atoms with E-state index in [1.54, 1.807) is 0 Å². The summed E-state index contributed by atoms with van der Waals surface area (Å²) in [5.41, 5.74) is 5.32. The summed E-state index contributed by atoms with van der Waals surface area (Å²) in [6, 6.07) is 11.0. The maximum atomic E-state index is 12.1. The topological polar surface area (TPSA) is 113 Å². The first-order valence-electron chi connectivity index (χ1n) is 8.69. The largest absolute Gasteiger partial charge is 0.493 e. The van der Waals surface area contributed by atoms with Crippen molar-refractivity contribution >= 4 is 17.7 Å². The molecule has 0 bridgehead atoms. The first-order chi connectivity index (χ1) is 12.6. The Morgan fingerprint density at radius 1 is 1.31 bits per heavy atom. The molecule has 1 aliphatic rings. The van der Waals surface area contributed by atoms with Crippen molar-refractivity contribution in [1.29, 1.82) is 0 Å². The Kier molecular flexibility index (Phi) is 5.73. The standard InChI is InChI=1S/C18H23N5O3/c19-18-21-15(12-17(25)22-18)23-9-6-13(7-10-23)20-16(24)8-11-26-14-4-2-1-3-5-14/h1-5,12-13H,6-11H2,(H,20,24)(H3,19,21,22,25). The SMILES string of the molecule is Nc1nc(N2CCC(NC(=O)CCOc3ccccc3)CC2)cc(=O)[nH]1. The molecule has 0 radical (unpaired) electrons. The van der Waals surface area contributed by atoms with Crippen LogP contribution in [0.1, 0.15) is 19.3 Å². The van der Waals surface area contributed by atoms with Crippen molar-refractivity contribution in [3.8, 4) is 5.75 Å². The molecule has 0 aliphatic carbocycles. The molecule has 2 aromatic rings. The zero-order chi connectivity index (χ0) is 18.4. The number of nitrogens with two attached hydrogens (primary N) is 1. The Bertz CT molecular complexity index is 785. The lowest BCUT2D eigenvalue weighted by atomic mass is 10.0. The highest BCUT2D eigenvalue weighted by Crippen LogP contribution is 2.17. The second-order valence-electron chi connectivity index (χ2n) is 6.23. The van der Waals surface area contributed by atoms with Crippen LogP contribution in [-0.2, 0) is 4.79 Å². The van der Waals surface area contributed by atoms with Crippen molar-refractivity contribution in [2.45, 2.75) is 25.3 Å². The minimum Gasteiger partial charge on any atom is -0.493 e.